The number of likely N-dealkylation sites (N-methyl/N-ethyl adjacent to an activating group) is 1. The first kappa shape index (κ1) is 15.0. The number of aromatic nitrogens is 1. The maximum Gasteiger partial charge on any atom is 0.335 e. The van der Waals surface area contributed by atoms with Crippen LogP contribution in [0.3, 0.4) is 0 Å². The number of benzene rings is 1. The number of nitrogens with zero attached hydrogens (tertiary/aromatic N) is 2. The second kappa shape index (κ2) is 7.40. The largest absolute Gasteiger partial charge is 0.492 e. The van der Waals surface area contributed by atoms with E-state index in [1.807, 2.05) is 25.4 Å². The van der Waals surface area contributed by atoms with Crippen molar-refractivity contribution < 1.29 is 14.6 Å². The number of hydrogen-bond acceptors (Lipinski definition) is 4. The van der Waals surface area contributed by atoms with Crippen molar-refractivity contribution in [1.29, 1.82) is 0 Å². The summed E-state index contributed by atoms with van der Waals surface area (Å²) in [5.41, 5.74) is 1.42. The third-order valence-electron chi connectivity index (χ3n) is 3.02. The fourth-order valence-corrected chi connectivity index (χ4v) is 1.90. The summed E-state index contributed by atoms with van der Waals surface area (Å²) in [7, 11) is 2.02. The molecular weight excluding hydrogens is 268 g/mol. The molecule has 1 heterocycles. The molecule has 0 fully saturated rings. The molecule has 0 aliphatic rings. The molecule has 5 heteroatoms. The lowest BCUT2D eigenvalue weighted by Gasteiger charge is -2.16. The summed E-state index contributed by atoms with van der Waals surface area (Å²) in [6.45, 7) is 2.13. The number of hydrogen-bond donors (Lipinski definition) is 1. The molecule has 1 N–H and O–H groups in total. The van der Waals surface area contributed by atoms with E-state index in [0.717, 1.165) is 18.7 Å². The van der Waals surface area contributed by atoms with Crippen LogP contribution in [-0.2, 0) is 6.54 Å². The summed E-state index contributed by atoms with van der Waals surface area (Å²) >= 11 is 0. The molecule has 21 heavy (non-hydrogen) atoms. The van der Waals surface area contributed by atoms with E-state index in [1.165, 1.54) is 12.1 Å². The lowest BCUT2D eigenvalue weighted by Crippen LogP contribution is -2.23. The highest BCUT2D eigenvalue weighted by molar-refractivity contribution is 5.87. The van der Waals surface area contributed by atoms with Crippen molar-refractivity contribution in [3.8, 4) is 5.75 Å². The summed E-state index contributed by atoms with van der Waals surface area (Å²) in [5, 5.41) is 8.81. The van der Waals surface area contributed by atoms with E-state index in [4.69, 9.17) is 9.84 Å². The predicted octanol–water partition coefficient (Wildman–Crippen LogP) is 2.29. The minimum Gasteiger partial charge on any atom is -0.492 e. The summed E-state index contributed by atoms with van der Waals surface area (Å²) in [5.74, 6) is -0.257. The Hall–Kier alpha value is -2.40. The van der Waals surface area contributed by atoms with Crippen LogP contribution in [0, 0.1) is 0 Å². The molecule has 0 unspecified atom stereocenters. The van der Waals surface area contributed by atoms with Crippen LogP contribution in [0.4, 0.5) is 0 Å². The molecule has 0 spiro atoms. The number of carboxylic acids is 1. The maximum absolute atomic E-state index is 10.7. The minimum atomic E-state index is -0.933. The molecule has 0 aliphatic heterocycles. The first-order chi connectivity index (χ1) is 10.1. The highest BCUT2D eigenvalue weighted by Crippen LogP contribution is 2.12. The van der Waals surface area contributed by atoms with Crippen molar-refractivity contribution in [2.45, 2.75) is 6.54 Å². The van der Waals surface area contributed by atoms with E-state index in [0.29, 0.717) is 12.4 Å². The molecule has 1 aromatic carbocycles. The highest BCUT2D eigenvalue weighted by Gasteiger charge is 2.03. The van der Waals surface area contributed by atoms with Gasteiger partial charge in [-0.25, -0.2) is 4.79 Å². The lowest BCUT2D eigenvalue weighted by molar-refractivity contribution is 0.0697. The summed E-state index contributed by atoms with van der Waals surface area (Å²) in [6.07, 6.45) is 3.61. The van der Waals surface area contributed by atoms with Gasteiger partial charge in [-0.1, -0.05) is 6.07 Å². The molecule has 1 aromatic heterocycles. The zero-order chi connectivity index (χ0) is 15.1. The maximum atomic E-state index is 10.7. The second-order valence-corrected chi connectivity index (χ2v) is 4.78. The Morgan fingerprint density at radius 1 is 1.29 bits per heavy atom. The summed E-state index contributed by atoms with van der Waals surface area (Å²) < 4.78 is 5.60. The van der Waals surface area contributed by atoms with Crippen LogP contribution in [0.2, 0.25) is 0 Å². The quantitative estimate of drug-likeness (QED) is 0.846. The average molecular weight is 286 g/mol. The predicted molar refractivity (Wildman–Crippen MR) is 79.5 cm³/mol. The van der Waals surface area contributed by atoms with Gasteiger partial charge in [0.25, 0.3) is 0 Å². The zero-order valence-corrected chi connectivity index (χ0v) is 11.9. The van der Waals surface area contributed by atoms with Crippen LogP contribution in [0.25, 0.3) is 0 Å². The van der Waals surface area contributed by atoms with Crippen LogP contribution in [0.1, 0.15) is 15.9 Å². The van der Waals surface area contributed by atoms with Gasteiger partial charge in [0, 0.05) is 25.5 Å². The third kappa shape index (κ3) is 4.89. The molecule has 0 saturated heterocycles. The van der Waals surface area contributed by atoms with Gasteiger partial charge in [0.1, 0.15) is 12.4 Å². The molecule has 5 nitrogen and oxygen atoms in total. The molecule has 0 bridgehead atoms. The Labute approximate surface area is 123 Å². The number of carboxylic acid groups (broad SMARTS) is 1. The van der Waals surface area contributed by atoms with Crippen LogP contribution in [-0.4, -0.2) is 41.2 Å². The number of rotatable bonds is 7. The Kier molecular flexibility index (Phi) is 5.29. The van der Waals surface area contributed by atoms with Crippen molar-refractivity contribution in [1.82, 2.24) is 9.88 Å². The van der Waals surface area contributed by atoms with Gasteiger partial charge in [-0.05, 0) is 42.9 Å². The van der Waals surface area contributed by atoms with Gasteiger partial charge in [0.2, 0.25) is 0 Å². The molecule has 0 radical (unpaired) electrons. The van der Waals surface area contributed by atoms with Gasteiger partial charge < -0.3 is 9.84 Å². The van der Waals surface area contributed by atoms with Crippen molar-refractivity contribution in [3.63, 3.8) is 0 Å². The topological polar surface area (TPSA) is 62.7 Å². The van der Waals surface area contributed by atoms with Crippen molar-refractivity contribution in [2.75, 3.05) is 20.2 Å². The first-order valence-corrected chi connectivity index (χ1v) is 6.69. The van der Waals surface area contributed by atoms with Crippen LogP contribution >= 0.6 is 0 Å². The molecule has 0 amide bonds. The van der Waals surface area contributed by atoms with Gasteiger partial charge in [0.15, 0.2) is 0 Å². The number of aromatic carboxylic acids is 1. The minimum absolute atomic E-state index is 0.260. The van der Waals surface area contributed by atoms with Crippen molar-refractivity contribution >= 4 is 5.97 Å². The van der Waals surface area contributed by atoms with Crippen LogP contribution in [0.5, 0.6) is 5.75 Å². The Balaban J connectivity index is 1.74. The van der Waals surface area contributed by atoms with Gasteiger partial charge in [-0.3, -0.25) is 9.88 Å². The normalized spacial score (nSPS) is 10.6. The first-order valence-electron chi connectivity index (χ1n) is 6.69. The van der Waals surface area contributed by atoms with E-state index in [-0.39, 0.29) is 5.56 Å². The van der Waals surface area contributed by atoms with Gasteiger partial charge in [-0.15, -0.1) is 0 Å². The van der Waals surface area contributed by atoms with Crippen LogP contribution in [0.15, 0.2) is 48.8 Å². The monoisotopic (exact) mass is 286 g/mol. The Morgan fingerprint density at radius 3 is 2.67 bits per heavy atom. The van der Waals surface area contributed by atoms with Crippen molar-refractivity contribution in [2.24, 2.45) is 0 Å². The molecule has 0 saturated carbocycles. The number of ether oxygens (including phenoxy) is 1. The molecule has 2 rings (SSSR count). The number of pyridine rings is 1. The number of carbonyl (C=O) groups is 1. The van der Waals surface area contributed by atoms with Crippen molar-refractivity contribution in [3.05, 3.63) is 59.9 Å². The SMILES string of the molecule is CN(CCOc1ccc(C(=O)O)cc1)Cc1cccnc1. The molecule has 2 aromatic rings. The van der Waals surface area contributed by atoms with E-state index >= 15 is 0 Å². The Morgan fingerprint density at radius 2 is 2.05 bits per heavy atom. The molecule has 110 valence electrons. The highest BCUT2D eigenvalue weighted by atomic mass is 16.5. The fraction of sp³-hybridized carbons (Fsp3) is 0.250. The van der Waals surface area contributed by atoms with Gasteiger partial charge >= 0.3 is 5.97 Å². The fourth-order valence-electron chi connectivity index (χ4n) is 1.90. The van der Waals surface area contributed by atoms with E-state index in [2.05, 4.69) is 9.88 Å². The summed E-state index contributed by atoms with van der Waals surface area (Å²) in [6, 6.07) is 10.4. The van der Waals surface area contributed by atoms with Gasteiger partial charge in [-0.2, -0.15) is 0 Å². The zero-order valence-electron chi connectivity index (χ0n) is 11.9. The van der Waals surface area contributed by atoms with E-state index in [1.54, 1.807) is 18.3 Å². The van der Waals surface area contributed by atoms with Crippen LogP contribution < -0.4 is 4.74 Å². The van der Waals surface area contributed by atoms with E-state index in [9.17, 15) is 4.79 Å². The van der Waals surface area contributed by atoms with Gasteiger partial charge in [0.05, 0.1) is 5.56 Å². The molecule has 0 atom stereocenters. The molecule has 0 aliphatic carbocycles. The average Bonchev–Trinajstić information content (AvgIpc) is 2.49. The molecular formula is C16H18N2O3. The smallest absolute Gasteiger partial charge is 0.335 e. The standard InChI is InChI=1S/C16H18N2O3/c1-18(12-13-3-2-8-17-11-13)9-10-21-15-6-4-14(5-7-15)16(19)20/h2-8,11H,9-10,12H2,1H3,(H,19,20). The third-order valence-corrected chi connectivity index (χ3v) is 3.02. The van der Waals surface area contributed by atoms with E-state index < -0.39 is 5.97 Å². The Bertz CT molecular complexity index is 570. The summed E-state index contributed by atoms with van der Waals surface area (Å²) in [4.78, 5) is 17.0. The lowest BCUT2D eigenvalue weighted by atomic mass is 10.2. The second-order valence-electron chi connectivity index (χ2n) is 4.78.